The van der Waals surface area contributed by atoms with Gasteiger partial charge in [-0.2, -0.15) is 26.3 Å². The highest BCUT2D eigenvalue weighted by atomic mass is 19.4. The fourth-order valence-corrected chi connectivity index (χ4v) is 4.43. The van der Waals surface area contributed by atoms with Crippen LogP contribution in [0.4, 0.5) is 31.1 Å². The first-order valence-electron chi connectivity index (χ1n) is 11.1. The van der Waals surface area contributed by atoms with E-state index in [9.17, 15) is 35.9 Å². The maximum atomic E-state index is 13.3. The van der Waals surface area contributed by atoms with Crippen LogP contribution < -0.4 is 10.6 Å². The predicted octanol–water partition coefficient (Wildman–Crippen LogP) is 5.53. The third-order valence-electron chi connectivity index (χ3n) is 6.18. The highest BCUT2D eigenvalue weighted by Gasteiger charge is 2.40. The Kier molecular flexibility index (Phi) is 6.91. The van der Waals surface area contributed by atoms with Crippen molar-refractivity contribution in [2.75, 3.05) is 0 Å². The summed E-state index contributed by atoms with van der Waals surface area (Å²) in [6, 6.07) is -0.476. The average molecular weight is 516 g/mol. The number of allylic oxidation sites excluding steroid dienone is 2. The fraction of sp³-hybridized carbons (Fsp3) is 0.417. The molecule has 194 valence electrons. The van der Waals surface area contributed by atoms with Crippen molar-refractivity contribution < 1.29 is 45.4 Å². The fourth-order valence-electron chi connectivity index (χ4n) is 4.43. The lowest BCUT2D eigenvalue weighted by Gasteiger charge is -2.34. The van der Waals surface area contributed by atoms with E-state index in [1.54, 1.807) is 0 Å². The third kappa shape index (κ3) is 5.43. The largest absolute Gasteiger partial charge is 0.468 e. The quantitative estimate of drug-likeness (QED) is 0.307. The summed E-state index contributed by atoms with van der Waals surface area (Å²) in [6.07, 6.45) is -3.70. The van der Waals surface area contributed by atoms with E-state index in [1.807, 2.05) is 12.2 Å². The molecule has 1 fully saturated rings. The SMILES string of the molecule is C[C@@H](O[C@H]1OC=CC(C2NC(=O)NC2=O)=C1C1C=CCCC1)c1cc(C(F)(F)F)cc(C(F)(F)F)c1. The maximum Gasteiger partial charge on any atom is 0.416 e. The van der Waals surface area contributed by atoms with Gasteiger partial charge in [0.25, 0.3) is 5.91 Å². The molecule has 4 atom stereocenters. The van der Waals surface area contributed by atoms with Crippen molar-refractivity contribution >= 4 is 11.9 Å². The number of carbonyl (C=O) groups is 2. The molecule has 0 spiro atoms. The monoisotopic (exact) mass is 516 g/mol. The summed E-state index contributed by atoms with van der Waals surface area (Å²) in [6.45, 7) is 1.31. The van der Waals surface area contributed by atoms with Gasteiger partial charge in [0.2, 0.25) is 6.29 Å². The zero-order valence-electron chi connectivity index (χ0n) is 18.9. The average Bonchev–Trinajstić information content (AvgIpc) is 3.15. The molecule has 12 heteroatoms. The van der Waals surface area contributed by atoms with Crippen molar-refractivity contribution in [3.63, 3.8) is 0 Å². The molecule has 0 saturated carbocycles. The van der Waals surface area contributed by atoms with Crippen LogP contribution in [0.2, 0.25) is 0 Å². The Hall–Kier alpha value is -3.28. The van der Waals surface area contributed by atoms with Crippen molar-refractivity contribution in [3.8, 4) is 0 Å². The van der Waals surface area contributed by atoms with Gasteiger partial charge in [-0.1, -0.05) is 12.2 Å². The molecule has 0 aromatic heterocycles. The molecule has 2 N–H and O–H groups in total. The molecule has 36 heavy (non-hydrogen) atoms. The standard InChI is InChI=1S/C24H22F6N2O4/c1-12(14-9-15(23(25,26)27)11-16(10-14)24(28,29)30)36-21-18(13-5-3-2-4-6-13)17(7-8-35-21)19-20(33)32-22(34)31-19/h3,5,7-13,19,21H,2,4,6H2,1H3,(H2,31,32,33,34)/t12-,13?,19?,21-/m1/s1. The highest BCUT2D eigenvalue weighted by Crippen LogP contribution is 2.40. The third-order valence-corrected chi connectivity index (χ3v) is 6.18. The molecule has 1 saturated heterocycles. The van der Waals surface area contributed by atoms with Crippen LogP contribution in [0.25, 0.3) is 0 Å². The van der Waals surface area contributed by atoms with Gasteiger partial charge in [-0.3, -0.25) is 10.1 Å². The minimum Gasteiger partial charge on any atom is -0.468 e. The molecule has 4 rings (SSSR count). The number of alkyl halides is 6. The number of amides is 3. The van der Waals surface area contributed by atoms with Gasteiger partial charge in [-0.25, -0.2) is 4.79 Å². The number of halogens is 6. The number of hydrogen-bond acceptors (Lipinski definition) is 4. The molecule has 3 aliphatic rings. The van der Waals surface area contributed by atoms with E-state index in [1.165, 1.54) is 19.3 Å². The second-order valence-electron chi connectivity index (χ2n) is 8.66. The van der Waals surface area contributed by atoms with E-state index in [0.29, 0.717) is 29.7 Å². The molecule has 2 heterocycles. The summed E-state index contributed by atoms with van der Waals surface area (Å²) < 4.78 is 91.4. The van der Waals surface area contributed by atoms with Crippen LogP contribution in [0, 0.1) is 5.92 Å². The Morgan fingerprint density at radius 2 is 1.72 bits per heavy atom. The van der Waals surface area contributed by atoms with Crippen LogP contribution in [-0.2, 0) is 26.6 Å². The Labute approximate surface area is 202 Å². The minimum absolute atomic E-state index is 0.0493. The molecular weight excluding hydrogens is 494 g/mol. The van der Waals surface area contributed by atoms with Crippen molar-refractivity contribution in [3.05, 3.63) is 70.5 Å². The van der Waals surface area contributed by atoms with Gasteiger partial charge < -0.3 is 14.8 Å². The van der Waals surface area contributed by atoms with Crippen molar-refractivity contribution in [1.29, 1.82) is 0 Å². The van der Waals surface area contributed by atoms with Gasteiger partial charge in [0.15, 0.2) is 0 Å². The Balaban J connectivity index is 1.71. The van der Waals surface area contributed by atoms with Gasteiger partial charge in [-0.05, 0) is 61.6 Å². The van der Waals surface area contributed by atoms with Gasteiger partial charge in [-0.15, -0.1) is 0 Å². The first-order chi connectivity index (χ1) is 16.8. The lowest BCUT2D eigenvalue weighted by molar-refractivity contribution is -0.143. The van der Waals surface area contributed by atoms with Crippen LogP contribution in [-0.4, -0.2) is 24.3 Å². The predicted molar refractivity (Wildman–Crippen MR) is 114 cm³/mol. The number of benzene rings is 1. The zero-order valence-corrected chi connectivity index (χ0v) is 18.9. The van der Waals surface area contributed by atoms with E-state index >= 15 is 0 Å². The van der Waals surface area contributed by atoms with Gasteiger partial charge in [0.1, 0.15) is 6.04 Å². The lowest BCUT2D eigenvalue weighted by atomic mass is 9.83. The van der Waals surface area contributed by atoms with Crippen molar-refractivity contribution in [2.45, 2.75) is 57.0 Å². The zero-order chi connectivity index (χ0) is 26.3. The summed E-state index contributed by atoms with van der Waals surface area (Å²) in [4.78, 5) is 24.1. The number of urea groups is 1. The summed E-state index contributed by atoms with van der Waals surface area (Å²) in [5.41, 5.74) is -2.40. The molecule has 1 aliphatic carbocycles. The van der Waals surface area contributed by atoms with Gasteiger partial charge in [0, 0.05) is 11.5 Å². The van der Waals surface area contributed by atoms with Crippen LogP contribution in [0.5, 0.6) is 0 Å². The van der Waals surface area contributed by atoms with Crippen LogP contribution >= 0.6 is 0 Å². The van der Waals surface area contributed by atoms with Gasteiger partial charge in [0.05, 0.1) is 23.5 Å². The first-order valence-corrected chi connectivity index (χ1v) is 11.1. The molecule has 2 aliphatic heterocycles. The molecule has 6 nitrogen and oxygen atoms in total. The van der Waals surface area contributed by atoms with Crippen LogP contribution in [0.1, 0.15) is 49.0 Å². The number of imide groups is 1. The molecule has 1 aromatic rings. The van der Waals surface area contributed by atoms with Crippen molar-refractivity contribution in [2.24, 2.45) is 5.92 Å². The second-order valence-corrected chi connectivity index (χ2v) is 8.66. The van der Waals surface area contributed by atoms with Crippen molar-refractivity contribution in [1.82, 2.24) is 10.6 Å². The second kappa shape index (κ2) is 9.64. The van der Waals surface area contributed by atoms with Gasteiger partial charge >= 0.3 is 18.4 Å². The number of carbonyl (C=O) groups excluding carboxylic acids is 2. The number of nitrogens with one attached hydrogen (secondary N) is 2. The number of hydrogen-bond donors (Lipinski definition) is 2. The molecule has 3 amide bonds. The lowest BCUT2D eigenvalue weighted by Crippen LogP contribution is -2.37. The normalized spacial score (nSPS) is 25.5. The smallest absolute Gasteiger partial charge is 0.416 e. The van der Waals surface area contributed by atoms with E-state index in [4.69, 9.17) is 9.47 Å². The minimum atomic E-state index is -5.00. The summed E-state index contributed by atoms with van der Waals surface area (Å²) in [5.74, 6) is -0.883. The molecule has 2 unspecified atom stereocenters. The highest BCUT2D eigenvalue weighted by molar-refractivity contribution is 6.06. The van der Waals surface area contributed by atoms with E-state index in [-0.39, 0.29) is 17.5 Å². The summed E-state index contributed by atoms with van der Waals surface area (Å²) >= 11 is 0. The summed E-state index contributed by atoms with van der Waals surface area (Å²) in [7, 11) is 0. The molecule has 0 radical (unpaired) electrons. The van der Waals surface area contributed by atoms with E-state index in [2.05, 4.69) is 10.6 Å². The molecule has 1 aromatic carbocycles. The topological polar surface area (TPSA) is 76.7 Å². The first kappa shape index (κ1) is 25.8. The van der Waals surface area contributed by atoms with Crippen LogP contribution in [0.3, 0.4) is 0 Å². The Morgan fingerprint density at radius 3 is 2.25 bits per heavy atom. The molecule has 0 bridgehead atoms. The molecular formula is C24H22F6N2O4. The number of ether oxygens (including phenoxy) is 2. The van der Waals surface area contributed by atoms with E-state index < -0.39 is 53.9 Å². The Bertz CT molecular complexity index is 1110. The van der Waals surface area contributed by atoms with E-state index in [0.717, 1.165) is 12.8 Å². The number of rotatable bonds is 5. The maximum absolute atomic E-state index is 13.3. The Morgan fingerprint density at radius 1 is 1.06 bits per heavy atom. The van der Waals surface area contributed by atoms with Crippen LogP contribution in [0.15, 0.2) is 53.8 Å². The summed E-state index contributed by atoms with van der Waals surface area (Å²) in [5, 5.41) is 4.64.